The van der Waals surface area contributed by atoms with Crippen LogP contribution in [0.4, 0.5) is 4.39 Å². The van der Waals surface area contributed by atoms with Crippen LogP contribution in [0.15, 0.2) is 70.2 Å². The van der Waals surface area contributed by atoms with Gasteiger partial charge in [0.1, 0.15) is 12.4 Å². The molecule has 0 saturated carbocycles. The van der Waals surface area contributed by atoms with E-state index in [0.29, 0.717) is 32.2 Å². The quantitative estimate of drug-likeness (QED) is 0.354. The molecule has 3 aliphatic rings. The van der Waals surface area contributed by atoms with Crippen LogP contribution in [0.3, 0.4) is 0 Å². The number of carbonyl (C=O) groups is 1. The fourth-order valence-electron chi connectivity index (χ4n) is 4.53. The average Bonchev–Trinajstić information content (AvgIpc) is 2.86. The molecule has 196 valence electrons. The third-order valence-corrected chi connectivity index (χ3v) is 6.60. The molecule has 0 spiro atoms. The summed E-state index contributed by atoms with van der Waals surface area (Å²) in [7, 11) is 0. The SMILES string of the molecule is C=CCN1CCN(C(O)C2=C/C/N=C(CCCCC(=O)O)\C(C3=CCC(F)C=C3)=N/C(C)/C=C\2)CC1. The minimum atomic E-state index is -0.993. The maximum Gasteiger partial charge on any atom is 0.303 e. The van der Waals surface area contributed by atoms with E-state index in [4.69, 9.17) is 15.1 Å². The van der Waals surface area contributed by atoms with Crippen LogP contribution in [0.1, 0.15) is 39.0 Å². The van der Waals surface area contributed by atoms with Crippen LogP contribution in [0.2, 0.25) is 0 Å². The van der Waals surface area contributed by atoms with Crippen molar-refractivity contribution >= 4 is 17.4 Å². The Morgan fingerprint density at radius 3 is 2.67 bits per heavy atom. The second kappa shape index (κ2) is 14.2. The van der Waals surface area contributed by atoms with E-state index >= 15 is 0 Å². The van der Waals surface area contributed by atoms with Gasteiger partial charge in [0.05, 0.1) is 24.0 Å². The molecule has 2 N–H and O–H groups in total. The van der Waals surface area contributed by atoms with Gasteiger partial charge in [-0.1, -0.05) is 36.5 Å². The highest BCUT2D eigenvalue weighted by Gasteiger charge is 2.24. The fourth-order valence-corrected chi connectivity index (χ4v) is 4.53. The van der Waals surface area contributed by atoms with Crippen LogP contribution in [0.5, 0.6) is 0 Å². The summed E-state index contributed by atoms with van der Waals surface area (Å²) in [5.41, 5.74) is 3.17. The largest absolute Gasteiger partial charge is 0.481 e. The highest BCUT2D eigenvalue weighted by atomic mass is 19.1. The Hall–Kier alpha value is -2.68. The fraction of sp³-hybridized carbons (Fsp3) is 0.536. The van der Waals surface area contributed by atoms with Crippen LogP contribution in [-0.4, -0.2) is 95.1 Å². The third-order valence-electron chi connectivity index (χ3n) is 6.60. The van der Waals surface area contributed by atoms with Crippen molar-refractivity contribution in [3.63, 3.8) is 0 Å². The molecule has 0 radical (unpaired) electrons. The molecule has 0 amide bonds. The van der Waals surface area contributed by atoms with E-state index in [1.165, 1.54) is 0 Å². The van der Waals surface area contributed by atoms with Crippen molar-refractivity contribution in [3.8, 4) is 0 Å². The lowest BCUT2D eigenvalue weighted by molar-refractivity contribution is -0.137. The second-order valence-electron chi connectivity index (χ2n) is 9.44. The van der Waals surface area contributed by atoms with Crippen LogP contribution >= 0.6 is 0 Å². The highest BCUT2D eigenvalue weighted by Crippen LogP contribution is 2.20. The van der Waals surface area contributed by atoms with E-state index in [1.54, 1.807) is 12.2 Å². The first kappa shape index (κ1) is 27.9. The van der Waals surface area contributed by atoms with E-state index in [2.05, 4.69) is 16.4 Å². The van der Waals surface area contributed by atoms with Gasteiger partial charge in [-0.3, -0.25) is 24.6 Å². The first-order valence-corrected chi connectivity index (χ1v) is 12.9. The van der Waals surface area contributed by atoms with Crippen molar-refractivity contribution < 1.29 is 19.4 Å². The summed E-state index contributed by atoms with van der Waals surface area (Å²) >= 11 is 0. The number of carboxylic acid groups (broad SMARTS) is 1. The molecule has 0 aromatic carbocycles. The number of hydrogen-bond donors (Lipinski definition) is 2. The molecule has 1 saturated heterocycles. The number of aliphatic imine (C=N–C) groups is 2. The topological polar surface area (TPSA) is 88.7 Å². The van der Waals surface area contributed by atoms with Crippen molar-refractivity contribution in [1.29, 1.82) is 0 Å². The van der Waals surface area contributed by atoms with E-state index in [1.807, 2.05) is 37.3 Å². The zero-order chi connectivity index (χ0) is 25.9. The van der Waals surface area contributed by atoms with Gasteiger partial charge < -0.3 is 10.2 Å². The van der Waals surface area contributed by atoms with Gasteiger partial charge in [-0.2, -0.15) is 0 Å². The molecule has 2 heterocycles. The number of nitrogens with zero attached hydrogens (tertiary/aromatic N) is 4. The molecule has 0 bridgehead atoms. The summed E-state index contributed by atoms with van der Waals surface area (Å²) in [5, 5.41) is 20.1. The first-order chi connectivity index (χ1) is 17.4. The second-order valence-corrected chi connectivity index (χ2v) is 9.44. The zero-order valence-electron chi connectivity index (χ0n) is 21.2. The summed E-state index contributed by atoms with van der Waals surface area (Å²) in [4.78, 5) is 25.1. The number of aliphatic carboxylic acids is 1. The smallest absolute Gasteiger partial charge is 0.303 e. The van der Waals surface area contributed by atoms with Gasteiger partial charge in [-0.05, 0) is 43.4 Å². The minimum Gasteiger partial charge on any atom is -0.481 e. The number of alkyl halides is 1. The molecular weight excluding hydrogens is 459 g/mol. The van der Waals surface area contributed by atoms with Crippen LogP contribution in [-0.2, 0) is 4.79 Å². The first-order valence-electron chi connectivity index (χ1n) is 12.9. The monoisotopic (exact) mass is 498 g/mol. The van der Waals surface area contributed by atoms with E-state index < -0.39 is 18.4 Å². The number of aliphatic hydroxyl groups is 1. The Balaban J connectivity index is 1.79. The Bertz CT molecular complexity index is 958. The third kappa shape index (κ3) is 8.47. The van der Waals surface area contributed by atoms with Crippen LogP contribution < -0.4 is 0 Å². The number of hydrogen-bond acceptors (Lipinski definition) is 6. The molecule has 1 fully saturated rings. The molecule has 1 aliphatic carbocycles. The Labute approximate surface area is 213 Å². The van der Waals surface area contributed by atoms with E-state index in [9.17, 15) is 14.3 Å². The lowest BCUT2D eigenvalue weighted by Crippen LogP contribution is -2.50. The van der Waals surface area contributed by atoms with E-state index in [-0.39, 0.29) is 12.5 Å². The Morgan fingerprint density at radius 2 is 2.00 bits per heavy atom. The predicted octanol–water partition coefficient (Wildman–Crippen LogP) is 3.74. The molecule has 3 unspecified atom stereocenters. The van der Waals surface area contributed by atoms with Gasteiger partial charge in [0, 0.05) is 45.6 Å². The molecule has 8 heteroatoms. The molecule has 36 heavy (non-hydrogen) atoms. The van der Waals surface area contributed by atoms with Crippen molar-refractivity contribution in [1.82, 2.24) is 9.80 Å². The summed E-state index contributed by atoms with van der Waals surface area (Å²) < 4.78 is 13.7. The Kier molecular flexibility index (Phi) is 11.0. The van der Waals surface area contributed by atoms with E-state index in [0.717, 1.165) is 55.3 Å². The molecule has 7 nitrogen and oxygen atoms in total. The van der Waals surface area contributed by atoms with Crippen molar-refractivity contribution in [3.05, 3.63) is 60.3 Å². The minimum absolute atomic E-state index is 0.112. The van der Waals surface area contributed by atoms with Gasteiger partial charge in [0.25, 0.3) is 0 Å². The zero-order valence-corrected chi connectivity index (χ0v) is 21.2. The number of rotatable bonds is 10. The van der Waals surface area contributed by atoms with Gasteiger partial charge in [0.15, 0.2) is 0 Å². The maximum atomic E-state index is 13.7. The molecule has 2 aliphatic heterocycles. The maximum absolute atomic E-state index is 13.7. The summed E-state index contributed by atoms with van der Waals surface area (Å²) in [6.07, 6.45) is 13.4. The number of carboxylic acids is 1. The van der Waals surface area contributed by atoms with Crippen molar-refractivity contribution in [2.24, 2.45) is 9.98 Å². The predicted molar refractivity (Wildman–Crippen MR) is 143 cm³/mol. The van der Waals surface area contributed by atoms with Crippen LogP contribution in [0.25, 0.3) is 0 Å². The number of allylic oxidation sites excluding steroid dienone is 4. The van der Waals surface area contributed by atoms with Gasteiger partial charge in [0.2, 0.25) is 0 Å². The van der Waals surface area contributed by atoms with Crippen molar-refractivity contribution in [2.75, 3.05) is 39.3 Å². The lowest BCUT2D eigenvalue weighted by Gasteiger charge is -2.37. The summed E-state index contributed by atoms with van der Waals surface area (Å²) in [5.74, 6) is -0.811. The molecule has 3 atom stereocenters. The summed E-state index contributed by atoms with van der Waals surface area (Å²) in [6, 6.07) is -0.181. The number of halogens is 1. The van der Waals surface area contributed by atoms with Crippen molar-refractivity contribution in [2.45, 2.75) is 57.5 Å². The van der Waals surface area contributed by atoms with Gasteiger partial charge in [-0.15, -0.1) is 6.58 Å². The lowest BCUT2D eigenvalue weighted by atomic mass is 9.95. The molecule has 0 aromatic heterocycles. The standard InChI is InChI=1S/C28H39FN4O3/c1-3-16-32-17-19-33(20-18-32)28(36)23-9-8-21(2)31-27(22-10-12-24(29)13-11-22)25(30-15-14-23)6-4-5-7-26(34)35/h3,8-12,14,21,24,28,36H,1,4-7,13,15-20H2,2H3,(H,34,35)/b9-8-,23-14+,30-25-,31-27-. The number of piperazine rings is 1. The number of unbranched alkanes of at least 4 members (excludes halogenated alkanes) is 1. The van der Waals surface area contributed by atoms with Gasteiger partial charge in [-0.25, -0.2) is 4.39 Å². The Morgan fingerprint density at radius 1 is 1.22 bits per heavy atom. The molecular formula is C28H39FN4O3. The summed E-state index contributed by atoms with van der Waals surface area (Å²) in [6.45, 7) is 10.3. The molecule has 0 aromatic rings. The average molecular weight is 499 g/mol. The molecule has 3 rings (SSSR count). The highest BCUT2D eigenvalue weighted by molar-refractivity contribution is 6.49. The normalized spacial score (nSPS) is 30.1. The van der Waals surface area contributed by atoms with Gasteiger partial charge >= 0.3 is 5.97 Å². The number of aliphatic hydroxyl groups excluding tert-OH is 1. The van der Waals surface area contributed by atoms with Crippen LogP contribution in [0, 0.1) is 0 Å².